The van der Waals surface area contributed by atoms with E-state index in [0.717, 1.165) is 21.7 Å². The number of piperazine rings is 1. The monoisotopic (exact) mass is 477 g/mol. The Morgan fingerprint density at radius 3 is 2.38 bits per heavy atom. The van der Waals surface area contributed by atoms with Gasteiger partial charge in [0.2, 0.25) is 10.0 Å². The lowest BCUT2D eigenvalue weighted by Gasteiger charge is -2.33. The number of aromatic amines is 1. The van der Waals surface area contributed by atoms with Gasteiger partial charge in [-0.25, -0.2) is 13.2 Å². The van der Waals surface area contributed by atoms with Crippen LogP contribution in [-0.4, -0.2) is 67.3 Å². The molecule has 0 radical (unpaired) electrons. The molecule has 0 unspecified atom stereocenters. The molecule has 3 aromatic carbocycles. The third kappa shape index (κ3) is 4.15. The minimum absolute atomic E-state index is 0.178. The molecule has 1 N–H and O–H groups in total. The van der Waals surface area contributed by atoms with Crippen LogP contribution in [0.5, 0.6) is 0 Å². The number of amides is 1. The van der Waals surface area contributed by atoms with E-state index in [1.165, 1.54) is 9.21 Å². The number of hydrogen-bond acceptors (Lipinski definition) is 5. The lowest BCUT2D eigenvalue weighted by molar-refractivity contribution is -0.135. The van der Waals surface area contributed by atoms with Crippen LogP contribution < -0.4 is 0 Å². The molecule has 1 saturated heterocycles. The van der Waals surface area contributed by atoms with Gasteiger partial charge < -0.3 is 14.6 Å². The number of benzene rings is 3. The number of carbonyl (C=O) groups excluding carboxylic acids is 2. The average molecular weight is 478 g/mol. The standard InChI is InChI=1S/C25H23N3O5S/c29-24(17-33-25(30)22-16-26-23-8-4-3-7-21(22)23)27-11-13-28(14-12-27)34(31,32)20-10-9-18-5-1-2-6-19(18)15-20/h1-10,15-16,26H,11-14,17H2. The Balaban J connectivity index is 1.19. The van der Waals surface area contributed by atoms with Crippen LogP contribution >= 0.6 is 0 Å². The van der Waals surface area contributed by atoms with Crippen LogP contribution in [0.25, 0.3) is 21.7 Å². The van der Waals surface area contributed by atoms with Crippen LogP contribution in [0.4, 0.5) is 0 Å². The van der Waals surface area contributed by atoms with Crippen molar-refractivity contribution in [2.45, 2.75) is 4.90 Å². The molecule has 174 valence electrons. The highest BCUT2D eigenvalue weighted by Gasteiger charge is 2.30. The third-order valence-corrected chi connectivity index (χ3v) is 7.98. The van der Waals surface area contributed by atoms with Gasteiger partial charge in [-0.15, -0.1) is 0 Å². The molecule has 0 bridgehead atoms. The van der Waals surface area contributed by atoms with Crippen molar-refractivity contribution in [3.63, 3.8) is 0 Å². The van der Waals surface area contributed by atoms with E-state index in [0.29, 0.717) is 5.56 Å². The lowest BCUT2D eigenvalue weighted by atomic mass is 10.1. The van der Waals surface area contributed by atoms with Crippen LogP contribution in [-0.2, 0) is 19.6 Å². The summed E-state index contributed by atoms with van der Waals surface area (Å²) < 4.78 is 32.8. The Morgan fingerprint density at radius 1 is 0.882 bits per heavy atom. The number of hydrogen-bond donors (Lipinski definition) is 1. The first-order valence-corrected chi connectivity index (χ1v) is 12.4. The van der Waals surface area contributed by atoms with E-state index in [-0.39, 0.29) is 37.0 Å². The number of nitrogens with zero attached hydrogens (tertiary/aromatic N) is 2. The number of carbonyl (C=O) groups is 2. The molecule has 0 atom stereocenters. The van der Waals surface area contributed by atoms with Crippen LogP contribution in [0.1, 0.15) is 10.4 Å². The summed E-state index contributed by atoms with van der Waals surface area (Å²) in [5.74, 6) is -0.931. The molecule has 0 spiro atoms. The van der Waals surface area contributed by atoms with E-state index >= 15 is 0 Å². The second-order valence-electron chi connectivity index (χ2n) is 8.12. The first kappa shape index (κ1) is 22.1. The van der Waals surface area contributed by atoms with Crippen molar-refractivity contribution in [1.82, 2.24) is 14.2 Å². The van der Waals surface area contributed by atoms with Crippen LogP contribution in [0.2, 0.25) is 0 Å². The zero-order valence-corrected chi connectivity index (χ0v) is 19.1. The predicted molar refractivity (Wildman–Crippen MR) is 128 cm³/mol. The highest BCUT2D eigenvalue weighted by atomic mass is 32.2. The minimum Gasteiger partial charge on any atom is -0.452 e. The third-order valence-electron chi connectivity index (χ3n) is 6.09. The fourth-order valence-corrected chi connectivity index (χ4v) is 5.65. The molecule has 9 heteroatoms. The summed E-state index contributed by atoms with van der Waals surface area (Å²) in [7, 11) is -3.67. The Bertz CT molecular complexity index is 1490. The number of sulfonamides is 1. The molecule has 1 fully saturated rings. The van der Waals surface area contributed by atoms with Gasteiger partial charge in [-0.1, -0.05) is 48.5 Å². The summed E-state index contributed by atoms with van der Waals surface area (Å²) in [5, 5.41) is 2.56. The molecule has 5 rings (SSSR count). The zero-order chi connectivity index (χ0) is 23.7. The van der Waals surface area contributed by atoms with Gasteiger partial charge in [-0.05, 0) is 29.0 Å². The maximum atomic E-state index is 13.1. The molecule has 2 heterocycles. The Morgan fingerprint density at radius 2 is 1.59 bits per heavy atom. The summed E-state index contributed by atoms with van der Waals surface area (Å²) in [4.78, 5) is 29.8. The molecule has 4 aromatic rings. The van der Waals surface area contributed by atoms with Crippen LogP contribution in [0.3, 0.4) is 0 Å². The molecule has 1 aliphatic heterocycles. The van der Waals surface area contributed by atoms with Crippen molar-refractivity contribution in [3.8, 4) is 0 Å². The van der Waals surface area contributed by atoms with Gasteiger partial charge in [0.15, 0.2) is 6.61 Å². The highest BCUT2D eigenvalue weighted by Crippen LogP contribution is 2.23. The highest BCUT2D eigenvalue weighted by molar-refractivity contribution is 7.89. The minimum atomic E-state index is -3.67. The van der Waals surface area contributed by atoms with Gasteiger partial charge >= 0.3 is 5.97 Å². The predicted octanol–water partition coefficient (Wildman–Crippen LogP) is 3.01. The van der Waals surface area contributed by atoms with E-state index < -0.39 is 22.6 Å². The molecule has 8 nitrogen and oxygen atoms in total. The first-order chi connectivity index (χ1) is 16.4. The summed E-state index contributed by atoms with van der Waals surface area (Å²) in [6.45, 7) is 0.427. The second kappa shape index (κ2) is 8.92. The largest absolute Gasteiger partial charge is 0.452 e. The first-order valence-electron chi connectivity index (χ1n) is 10.9. The fourth-order valence-electron chi connectivity index (χ4n) is 4.19. The molecule has 0 aliphatic carbocycles. The summed E-state index contributed by atoms with van der Waals surface area (Å²) >= 11 is 0. The molecule has 1 aliphatic rings. The fraction of sp³-hybridized carbons (Fsp3) is 0.200. The number of esters is 1. The van der Waals surface area contributed by atoms with E-state index in [2.05, 4.69) is 4.98 Å². The van der Waals surface area contributed by atoms with Crippen molar-refractivity contribution in [1.29, 1.82) is 0 Å². The van der Waals surface area contributed by atoms with Crippen molar-refractivity contribution < 1.29 is 22.7 Å². The number of para-hydroxylation sites is 1. The Hall–Kier alpha value is -3.69. The Labute approximate surface area is 196 Å². The van der Waals surface area contributed by atoms with Gasteiger partial charge in [-0.2, -0.15) is 4.31 Å². The summed E-state index contributed by atoms with van der Waals surface area (Å²) in [6.07, 6.45) is 1.56. The van der Waals surface area contributed by atoms with Gasteiger partial charge in [0.1, 0.15) is 0 Å². The van der Waals surface area contributed by atoms with E-state index in [9.17, 15) is 18.0 Å². The van der Waals surface area contributed by atoms with E-state index in [1.54, 1.807) is 30.5 Å². The maximum Gasteiger partial charge on any atom is 0.340 e. The Kier molecular flexibility index (Phi) is 5.80. The van der Waals surface area contributed by atoms with Crippen molar-refractivity contribution >= 4 is 43.6 Å². The lowest BCUT2D eigenvalue weighted by Crippen LogP contribution is -2.51. The average Bonchev–Trinajstić information content (AvgIpc) is 3.31. The summed E-state index contributed by atoms with van der Waals surface area (Å²) in [6, 6.07) is 20.0. The molecule has 34 heavy (non-hydrogen) atoms. The van der Waals surface area contributed by atoms with E-state index in [1.807, 2.05) is 42.5 Å². The number of rotatable bonds is 5. The van der Waals surface area contributed by atoms with Crippen LogP contribution in [0.15, 0.2) is 77.8 Å². The molecular weight excluding hydrogens is 454 g/mol. The van der Waals surface area contributed by atoms with Crippen molar-refractivity contribution in [3.05, 3.63) is 78.5 Å². The number of fused-ring (bicyclic) bond motifs is 2. The quantitative estimate of drug-likeness (QED) is 0.446. The number of ether oxygens (including phenoxy) is 1. The van der Waals surface area contributed by atoms with Crippen LogP contribution in [0, 0.1) is 0 Å². The molecular formula is C25H23N3O5S. The van der Waals surface area contributed by atoms with Gasteiger partial charge in [-0.3, -0.25) is 4.79 Å². The number of nitrogens with one attached hydrogen (secondary N) is 1. The topological polar surface area (TPSA) is 99.8 Å². The molecule has 1 aromatic heterocycles. The SMILES string of the molecule is O=C(OCC(=O)N1CCN(S(=O)(=O)c2ccc3ccccc3c2)CC1)c1c[nH]c2ccccc12. The van der Waals surface area contributed by atoms with E-state index in [4.69, 9.17) is 4.74 Å². The second-order valence-corrected chi connectivity index (χ2v) is 10.1. The van der Waals surface area contributed by atoms with Gasteiger partial charge in [0.05, 0.1) is 10.5 Å². The molecule has 0 saturated carbocycles. The molecule has 1 amide bonds. The number of H-pyrrole nitrogens is 1. The van der Waals surface area contributed by atoms with Crippen molar-refractivity contribution in [2.75, 3.05) is 32.8 Å². The zero-order valence-electron chi connectivity index (χ0n) is 18.3. The van der Waals surface area contributed by atoms with Gasteiger partial charge in [0.25, 0.3) is 5.91 Å². The number of aromatic nitrogens is 1. The maximum absolute atomic E-state index is 13.1. The van der Waals surface area contributed by atoms with Gasteiger partial charge in [0, 0.05) is 43.3 Å². The smallest absolute Gasteiger partial charge is 0.340 e. The van der Waals surface area contributed by atoms with Crippen molar-refractivity contribution in [2.24, 2.45) is 0 Å². The summed E-state index contributed by atoms with van der Waals surface area (Å²) in [5.41, 5.74) is 1.18. The normalized spacial score (nSPS) is 15.0.